The number of aldehydes is 1. The number of hydrogen-bond acceptors (Lipinski definition) is 7. The molecular formula is C23H24O7. The molecule has 1 aromatic rings. The maximum Gasteiger partial charge on any atom is 0.303 e. The Hall–Kier alpha value is -3.22. The highest BCUT2D eigenvalue weighted by Crippen LogP contribution is 2.48. The van der Waals surface area contributed by atoms with E-state index in [9.17, 15) is 19.2 Å². The zero-order chi connectivity index (χ0) is 22.2. The summed E-state index contributed by atoms with van der Waals surface area (Å²) in [6.07, 6.45) is 3.08. The molecule has 0 unspecified atom stereocenters. The number of ketones is 2. The molecule has 0 radical (unpaired) electrons. The molecule has 158 valence electrons. The lowest BCUT2D eigenvalue weighted by Crippen LogP contribution is -2.51. The third-order valence-corrected chi connectivity index (χ3v) is 5.13. The van der Waals surface area contributed by atoms with Crippen LogP contribution in [0.4, 0.5) is 0 Å². The first-order valence-electron chi connectivity index (χ1n) is 9.67. The highest BCUT2D eigenvalue weighted by Gasteiger charge is 2.58. The minimum atomic E-state index is -2.05. The average molecular weight is 412 g/mol. The Morgan fingerprint density at radius 2 is 1.93 bits per heavy atom. The molecule has 0 fully saturated rings. The summed E-state index contributed by atoms with van der Waals surface area (Å²) in [6, 6.07) is 3.19. The van der Waals surface area contributed by atoms with Gasteiger partial charge in [-0.3, -0.25) is 19.2 Å². The first-order chi connectivity index (χ1) is 14.1. The second-order valence-electron chi connectivity index (χ2n) is 7.87. The summed E-state index contributed by atoms with van der Waals surface area (Å²) in [4.78, 5) is 49.7. The molecule has 0 bridgehead atoms. The number of benzene rings is 1. The van der Waals surface area contributed by atoms with Crippen LogP contribution in [0.2, 0.25) is 0 Å². The quantitative estimate of drug-likeness (QED) is 0.402. The van der Waals surface area contributed by atoms with E-state index in [1.807, 2.05) is 13.8 Å². The number of allylic oxidation sites excluding steroid dienone is 2. The van der Waals surface area contributed by atoms with Gasteiger partial charge < -0.3 is 14.2 Å². The smallest absolute Gasteiger partial charge is 0.303 e. The number of carbonyl (C=O) groups excluding carboxylic acids is 4. The molecule has 2 aliphatic rings. The number of carbonyl (C=O) groups is 4. The summed E-state index contributed by atoms with van der Waals surface area (Å²) in [5, 5.41) is 0. The molecule has 3 rings (SSSR count). The molecule has 1 aliphatic heterocycles. The number of esters is 1. The molecule has 1 spiro atoms. The number of rotatable bonds is 6. The van der Waals surface area contributed by atoms with Gasteiger partial charge in [0.1, 0.15) is 23.2 Å². The van der Waals surface area contributed by atoms with Gasteiger partial charge >= 0.3 is 5.97 Å². The normalized spacial score (nSPS) is 21.0. The van der Waals surface area contributed by atoms with E-state index < -0.39 is 29.2 Å². The van der Waals surface area contributed by atoms with Gasteiger partial charge in [0, 0.05) is 12.5 Å². The van der Waals surface area contributed by atoms with Crippen molar-refractivity contribution in [1.29, 1.82) is 0 Å². The van der Waals surface area contributed by atoms with Gasteiger partial charge in [0.2, 0.25) is 11.6 Å². The average Bonchev–Trinajstić information content (AvgIpc) is 2.96. The molecule has 1 heterocycles. The second kappa shape index (κ2) is 7.89. The van der Waals surface area contributed by atoms with E-state index in [0.717, 1.165) is 0 Å². The van der Waals surface area contributed by atoms with Crippen LogP contribution in [-0.4, -0.2) is 36.5 Å². The Balaban J connectivity index is 2.16. The van der Waals surface area contributed by atoms with Crippen molar-refractivity contribution in [2.45, 2.75) is 45.8 Å². The molecule has 1 aliphatic carbocycles. The van der Waals surface area contributed by atoms with Crippen molar-refractivity contribution in [3.63, 3.8) is 0 Å². The number of hydrogen-bond donors (Lipinski definition) is 0. The van der Waals surface area contributed by atoms with E-state index in [1.54, 1.807) is 13.0 Å². The van der Waals surface area contributed by atoms with E-state index >= 15 is 0 Å². The zero-order valence-electron chi connectivity index (χ0n) is 17.6. The van der Waals surface area contributed by atoms with Gasteiger partial charge in [-0.1, -0.05) is 13.8 Å². The van der Waals surface area contributed by atoms with Crippen molar-refractivity contribution >= 4 is 23.8 Å². The maximum absolute atomic E-state index is 13.5. The molecule has 0 saturated carbocycles. The standard InChI is InChI=1S/C23H24O7/c1-12(2)8-18(29-14(4)25)16-6-7-17-20(21(16)28-5)22(27)23(30-17)15(11-24)9-13(3)10-19(23)26/h6-7,9-12,18H,8H2,1-5H3/t18-,23+/m1/s1. The zero-order valence-corrected chi connectivity index (χ0v) is 17.6. The van der Waals surface area contributed by atoms with E-state index in [-0.39, 0.29) is 28.6 Å². The lowest BCUT2D eigenvalue weighted by Gasteiger charge is -2.27. The topological polar surface area (TPSA) is 96.0 Å². The second-order valence-corrected chi connectivity index (χ2v) is 7.87. The Morgan fingerprint density at radius 1 is 1.23 bits per heavy atom. The van der Waals surface area contributed by atoms with Crippen LogP contribution in [0.1, 0.15) is 56.1 Å². The number of Topliss-reactive ketones (excluding diaryl/α,β-unsaturated/α-hetero) is 1. The van der Waals surface area contributed by atoms with Crippen LogP contribution in [0.5, 0.6) is 11.5 Å². The van der Waals surface area contributed by atoms with Crippen LogP contribution >= 0.6 is 0 Å². The summed E-state index contributed by atoms with van der Waals surface area (Å²) in [5.41, 5.74) is -0.994. The third kappa shape index (κ3) is 3.34. The fourth-order valence-electron chi connectivity index (χ4n) is 3.92. The van der Waals surface area contributed by atoms with Gasteiger partial charge in [-0.2, -0.15) is 0 Å². The Labute approximate surface area is 174 Å². The molecule has 2 atom stereocenters. The lowest BCUT2D eigenvalue weighted by molar-refractivity contribution is -0.147. The third-order valence-electron chi connectivity index (χ3n) is 5.13. The predicted molar refractivity (Wildman–Crippen MR) is 108 cm³/mol. The Bertz CT molecular complexity index is 999. The molecule has 1 aromatic carbocycles. The van der Waals surface area contributed by atoms with Crippen molar-refractivity contribution < 1.29 is 33.4 Å². The van der Waals surface area contributed by atoms with Gasteiger partial charge in [0.05, 0.1) is 12.7 Å². The van der Waals surface area contributed by atoms with Gasteiger partial charge in [-0.25, -0.2) is 0 Å². The van der Waals surface area contributed by atoms with Crippen molar-refractivity contribution in [3.05, 3.63) is 46.6 Å². The number of ether oxygens (including phenoxy) is 3. The van der Waals surface area contributed by atoms with Gasteiger partial charge in [0.25, 0.3) is 5.60 Å². The van der Waals surface area contributed by atoms with Crippen molar-refractivity contribution in [1.82, 2.24) is 0 Å². The predicted octanol–water partition coefficient (Wildman–Crippen LogP) is 3.31. The fourth-order valence-corrected chi connectivity index (χ4v) is 3.92. The molecular weight excluding hydrogens is 388 g/mol. The van der Waals surface area contributed by atoms with E-state index in [2.05, 4.69) is 0 Å². The number of fused-ring (bicyclic) bond motifs is 1. The summed E-state index contributed by atoms with van der Waals surface area (Å²) in [7, 11) is 1.39. The summed E-state index contributed by atoms with van der Waals surface area (Å²) >= 11 is 0. The Morgan fingerprint density at radius 3 is 2.50 bits per heavy atom. The van der Waals surface area contributed by atoms with E-state index in [4.69, 9.17) is 14.2 Å². The van der Waals surface area contributed by atoms with E-state index in [1.165, 1.54) is 32.3 Å². The largest absolute Gasteiger partial charge is 0.495 e. The molecule has 30 heavy (non-hydrogen) atoms. The van der Waals surface area contributed by atoms with E-state index in [0.29, 0.717) is 23.8 Å². The lowest BCUT2D eigenvalue weighted by atomic mass is 9.79. The molecule has 0 saturated heterocycles. The highest BCUT2D eigenvalue weighted by molar-refractivity contribution is 6.30. The molecule has 0 amide bonds. The minimum Gasteiger partial charge on any atom is -0.495 e. The highest BCUT2D eigenvalue weighted by atomic mass is 16.5. The summed E-state index contributed by atoms with van der Waals surface area (Å²) in [5.74, 6) is -1.24. The van der Waals surface area contributed by atoms with Crippen LogP contribution in [-0.2, 0) is 19.1 Å². The van der Waals surface area contributed by atoms with Gasteiger partial charge in [0.15, 0.2) is 6.29 Å². The number of methoxy groups -OCH3 is 1. The van der Waals surface area contributed by atoms with Crippen molar-refractivity contribution in [3.8, 4) is 11.5 Å². The molecule has 7 heteroatoms. The van der Waals surface area contributed by atoms with Crippen LogP contribution in [0.3, 0.4) is 0 Å². The molecule has 0 N–H and O–H groups in total. The first-order valence-corrected chi connectivity index (χ1v) is 9.67. The summed E-state index contributed by atoms with van der Waals surface area (Å²) in [6.45, 7) is 6.94. The SMILES string of the molecule is COc1c([C@@H](CC(C)C)OC(C)=O)ccc2c1C(=O)[C@@]1(O2)C(=O)C=C(C)C=C1C=O. The van der Waals surface area contributed by atoms with Crippen LogP contribution in [0.25, 0.3) is 0 Å². The van der Waals surface area contributed by atoms with Gasteiger partial charge in [-0.15, -0.1) is 0 Å². The molecule has 0 aromatic heterocycles. The summed E-state index contributed by atoms with van der Waals surface area (Å²) < 4.78 is 16.8. The van der Waals surface area contributed by atoms with Crippen molar-refractivity contribution in [2.75, 3.05) is 7.11 Å². The minimum absolute atomic E-state index is 0.0592. The van der Waals surface area contributed by atoms with Gasteiger partial charge in [-0.05, 0) is 49.1 Å². The fraction of sp³-hybridized carbons (Fsp3) is 0.391. The van der Waals surface area contributed by atoms with Crippen LogP contribution < -0.4 is 9.47 Å². The first kappa shape index (κ1) is 21.5. The molecule has 7 nitrogen and oxygen atoms in total. The monoisotopic (exact) mass is 412 g/mol. The van der Waals surface area contributed by atoms with Crippen LogP contribution in [0, 0.1) is 5.92 Å². The van der Waals surface area contributed by atoms with Crippen molar-refractivity contribution in [2.24, 2.45) is 5.92 Å². The Kier molecular flexibility index (Phi) is 5.65. The maximum atomic E-state index is 13.5. The van der Waals surface area contributed by atoms with Crippen LogP contribution in [0.15, 0.2) is 35.4 Å².